The van der Waals surface area contributed by atoms with Crippen LogP contribution in [0.4, 0.5) is 15.1 Å². The van der Waals surface area contributed by atoms with Crippen molar-refractivity contribution in [2.24, 2.45) is 0 Å². The van der Waals surface area contributed by atoms with Gasteiger partial charge in [0.25, 0.3) is 0 Å². The van der Waals surface area contributed by atoms with Gasteiger partial charge in [0.05, 0.1) is 13.3 Å². The molecule has 9 heteroatoms. The van der Waals surface area contributed by atoms with Gasteiger partial charge in [-0.3, -0.25) is 0 Å². The second-order valence-electron chi connectivity index (χ2n) is 9.87. The molecule has 8 nitrogen and oxygen atoms in total. The summed E-state index contributed by atoms with van der Waals surface area (Å²) in [6.45, 7) is 5.53. The van der Waals surface area contributed by atoms with Gasteiger partial charge in [0.15, 0.2) is 5.82 Å². The van der Waals surface area contributed by atoms with Gasteiger partial charge < -0.3 is 20.1 Å². The predicted molar refractivity (Wildman–Crippen MR) is 136 cm³/mol. The first-order chi connectivity index (χ1) is 17.2. The van der Waals surface area contributed by atoms with E-state index in [9.17, 15) is 9.18 Å². The van der Waals surface area contributed by atoms with E-state index in [0.717, 1.165) is 36.8 Å². The first-order valence-electron chi connectivity index (χ1n) is 12.1. The van der Waals surface area contributed by atoms with Crippen LogP contribution in [0, 0.1) is 5.82 Å². The number of hydrogen-bond acceptors (Lipinski definition) is 7. The Morgan fingerprint density at radius 2 is 1.75 bits per heavy atom. The van der Waals surface area contributed by atoms with E-state index in [0.29, 0.717) is 17.4 Å². The number of benzene rings is 1. The van der Waals surface area contributed by atoms with E-state index in [4.69, 9.17) is 9.47 Å². The van der Waals surface area contributed by atoms with Gasteiger partial charge in [0.1, 0.15) is 11.3 Å². The number of alkyl carbamates (subject to hydrolysis) is 1. The van der Waals surface area contributed by atoms with Crippen LogP contribution in [0.15, 0.2) is 48.8 Å². The van der Waals surface area contributed by atoms with E-state index in [-0.39, 0.29) is 17.8 Å². The molecule has 2 heterocycles. The van der Waals surface area contributed by atoms with Gasteiger partial charge in [0, 0.05) is 29.4 Å². The van der Waals surface area contributed by atoms with Crippen LogP contribution in [-0.4, -0.2) is 45.8 Å². The first kappa shape index (κ1) is 25.3. The number of rotatable bonds is 6. The second-order valence-corrected chi connectivity index (χ2v) is 9.87. The molecule has 1 aliphatic carbocycles. The topological polar surface area (TPSA) is 98.3 Å². The van der Waals surface area contributed by atoms with Crippen molar-refractivity contribution < 1.29 is 18.7 Å². The van der Waals surface area contributed by atoms with Gasteiger partial charge in [-0.05, 0) is 70.2 Å². The molecule has 36 heavy (non-hydrogen) atoms. The number of halogens is 1. The lowest BCUT2D eigenvalue weighted by Gasteiger charge is -2.30. The number of methoxy groups -OCH3 is 1. The monoisotopic (exact) mass is 493 g/mol. The van der Waals surface area contributed by atoms with Gasteiger partial charge in [-0.25, -0.2) is 24.1 Å². The number of anilines is 1. The Morgan fingerprint density at radius 1 is 1.03 bits per heavy atom. The fraction of sp³-hybridized carbons (Fsp3) is 0.407. The Balaban J connectivity index is 1.43. The van der Waals surface area contributed by atoms with Crippen molar-refractivity contribution in [2.45, 2.75) is 64.1 Å². The molecule has 0 unspecified atom stereocenters. The van der Waals surface area contributed by atoms with Gasteiger partial charge in [-0.15, -0.1) is 0 Å². The summed E-state index contributed by atoms with van der Waals surface area (Å²) >= 11 is 0. The van der Waals surface area contributed by atoms with Crippen LogP contribution < -0.4 is 15.4 Å². The molecule has 1 saturated carbocycles. The predicted octanol–water partition coefficient (Wildman–Crippen LogP) is 5.60. The molecule has 0 spiro atoms. The van der Waals surface area contributed by atoms with Crippen molar-refractivity contribution in [3.63, 3.8) is 0 Å². The number of amides is 1. The maximum absolute atomic E-state index is 14.8. The Kier molecular flexibility index (Phi) is 7.67. The minimum Gasteiger partial charge on any atom is -0.481 e. The highest BCUT2D eigenvalue weighted by atomic mass is 19.1. The number of pyridine rings is 1. The zero-order valence-electron chi connectivity index (χ0n) is 21.0. The molecule has 2 N–H and O–H groups in total. The molecule has 1 aliphatic rings. The van der Waals surface area contributed by atoms with Crippen molar-refractivity contribution in [3.05, 3.63) is 54.6 Å². The normalized spacial score (nSPS) is 17.8. The van der Waals surface area contributed by atoms with Crippen LogP contribution in [0.25, 0.3) is 22.4 Å². The molecular weight excluding hydrogens is 461 g/mol. The van der Waals surface area contributed by atoms with Crippen LogP contribution in [0.5, 0.6) is 5.88 Å². The number of nitrogens with zero attached hydrogens (tertiary/aromatic N) is 3. The summed E-state index contributed by atoms with van der Waals surface area (Å²) in [7, 11) is 1.57. The average Bonchev–Trinajstić information content (AvgIpc) is 2.85. The molecule has 1 fully saturated rings. The lowest BCUT2D eigenvalue weighted by atomic mass is 9.91. The van der Waals surface area contributed by atoms with Crippen LogP contribution in [-0.2, 0) is 4.74 Å². The number of carbonyl (C=O) groups excluding carboxylic acids is 1. The fourth-order valence-electron chi connectivity index (χ4n) is 4.29. The van der Waals surface area contributed by atoms with E-state index in [1.165, 1.54) is 6.20 Å². The largest absolute Gasteiger partial charge is 0.481 e. The highest BCUT2D eigenvalue weighted by Gasteiger charge is 2.25. The molecule has 4 rings (SSSR count). The summed E-state index contributed by atoms with van der Waals surface area (Å²) in [4.78, 5) is 24.9. The van der Waals surface area contributed by atoms with Crippen LogP contribution in [0.1, 0.15) is 46.5 Å². The molecule has 0 radical (unpaired) electrons. The zero-order valence-corrected chi connectivity index (χ0v) is 21.0. The molecule has 1 amide bonds. The molecule has 190 valence electrons. The molecule has 2 aromatic heterocycles. The lowest BCUT2D eigenvalue weighted by molar-refractivity contribution is 0.0492. The fourth-order valence-corrected chi connectivity index (χ4v) is 4.29. The van der Waals surface area contributed by atoms with Crippen LogP contribution in [0.2, 0.25) is 0 Å². The van der Waals surface area contributed by atoms with Crippen LogP contribution in [0.3, 0.4) is 0 Å². The maximum atomic E-state index is 14.8. The molecule has 3 aromatic rings. The van der Waals surface area contributed by atoms with E-state index in [1.807, 2.05) is 57.2 Å². The molecule has 0 saturated heterocycles. The highest BCUT2D eigenvalue weighted by molar-refractivity contribution is 5.74. The summed E-state index contributed by atoms with van der Waals surface area (Å²) in [5.74, 6) is 0.373. The van der Waals surface area contributed by atoms with Crippen molar-refractivity contribution in [1.82, 2.24) is 20.3 Å². The number of aromatic nitrogens is 3. The van der Waals surface area contributed by atoms with Gasteiger partial charge >= 0.3 is 6.09 Å². The Morgan fingerprint density at radius 3 is 2.47 bits per heavy atom. The maximum Gasteiger partial charge on any atom is 0.407 e. The van der Waals surface area contributed by atoms with Crippen molar-refractivity contribution >= 4 is 12.0 Å². The first-order valence-corrected chi connectivity index (χ1v) is 12.1. The minimum absolute atomic E-state index is 0.0646. The smallest absolute Gasteiger partial charge is 0.407 e. The number of hydrogen-bond donors (Lipinski definition) is 2. The van der Waals surface area contributed by atoms with Gasteiger partial charge in [-0.1, -0.05) is 18.2 Å². The Hall–Kier alpha value is -3.75. The third-order valence-corrected chi connectivity index (χ3v) is 5.94. The van der Waals surface area contributed by atoms with E-state index < -0.39 is 17.5 Å². The molecule has 0 aliphatic heterocycles. The SMILES string of the molecule is COc1ncccc1-c1cccc(-c2nc(N[C@H]3CC[C@H](NC(=O)OC(C)(C)C)CC3)ncc2F)c1. The standard InChI is InChI=1S/C27H32FN5O3/c1-27(2,3)36-26(34)32-20-12-10-19(11-13-20)31-25-30-16-22(28)23(33-25)18-8-5-7-17(15-18)21-9-6-14-29-24(21)35-4/h5-9,14-16,19-20H,10-13H2,1-4H3,(H,32,34)(H,30,31,33)/t19-,20-. The Labute approximate surface area is 210 Å². The molecular formula is C27H32FN5O3. The average molecular weight is 494 g/mol. The van der Waals surface area contributed by atoms with E-state index in [1.54, 1.807) is 13.3 Å². The van der Waals surface area contributed by atoms with Crippen LogP contribution >= 0.6 is 0 Å². The van der Waals surface area contributed by atoms with E-state index in [2.05, 4.69) is 25.6 Å². The quantitative estimate of drug-likeness (QED) is 0.461. The number of ether oxygens (including phenoxy) is 2. The molecule has 0 atom stereocenters. The summed E-state index contributed by atoms with van der Waals surface area (Å²) in [5, 5.41) is 6.27. The highest BCUT2D eigenvalue weighted by Crippen LogP contribution is 2.31. The Bertz CT molecular complexity index is 1210. The van der Waals surface area contributed by atoms with Crippen molar-refractivity contribution in [1.29, 1.82) is 0 Å². The third kappa shape index (κ3) is 6.47. The molecule has 0 bridgehead atoms. The van der Waals surface area contributed by atoms with Crippen molar-refractivity contribution in [2.75, 3.05) is 12.4 Å². The van der Waals surface area contributed by atoms with Gasteiger partial charge in [0.2, 0.25) is 11.8 Å². The summed E-state index contributed by atoms with van der Waals surface area (Å²) in [6.07, 6.45) is 5.73. The summed E-state index contributed by atoms with van der Waals surface area (Å²) < 4.78 is 25.5. The zero-order chi connectivity index (χ0) is 25.7. The number of nitrogens with one attached hydrogen (secondary N) is 2. The molecule has 1 aromatic carbocycles. The second kappa shape index (κ2) is 10.9. The minimum atomic E-state index is -0.524. The van der Waals surface area contributed by atoms with Crippen molar-refractivity contribution in [3.8, 4) is 28.3 Å². The summed E-state index contributed by atoms with van der Waals surface area (Å²) in [5.41, 5.74) is 1.99. The lowest BCUT2D eigenvalue weighted by Crippen LogP contribution is -2.42. The van der Waals surface area contributed by atoms with Gasteiger partial charge in [-0.2, -0.15) is 0 Å². The third-order valence-electron chi connectivity index (χ3n) is 5.94. The summed E-state index contributed by atoms with van der Waals surface area (Å²) in [6, 6.07) is 11.4. The number of carbonyl (C=O) groups is 1. The van der Waals surface area contributed by atoms with E-state index >= 15 is 0 Å².